The highest BCUT2D eigenvalue weighted by molar-refractivity contribution is 9.10. The van der Waals surface area contributed by atoms with E-state index in [1.165, 1.54) is 11.3 Å². The third-order valence-corrected chi connectivity index (χ3v) is 3.80. The molecule has 0 aliphatic rings. The third kappa shape index (κ3) is 4.66. The molecule has 0 radical (unpaired) electrons. The topological polar surface area (TPSA) is 83.6 Å². The van der Waals surface area contributed by atoms with Crippen LogP contribution in [0.2, 0.25) is 0 Å². The number of benzene rings is 1. The second kappa shape index (κ2) is 7.92. The van der Waals surface area contributed by atoms with Crippen molar-refractivity contribution in [2.75, 3.05) is 6.54 Å². The van der Waals surface area contributed by atoms with E-state index < -0.39 is 5.97 Å². The second-order valence-corrected chi connectivity index (χ2v) is 5.89. The van der Waals surface area contributed by atoms with E-state index in [1.54, 1.807) is 0 Å². The van der Waals surface area contributed by atoms with Crippen molar-refractivity contribution in [1.29, 1.82) is 0 Å². The quantitative estimate of drug-likeness (QED) is 0.797. The van der Waals surface area contributed by atoms with Gasteiger partial charge in [-0.25, -0.2) is 4.98 Å². The van der Waals surface area contributed by atoms with Gasteiger partial charge >= 0.3 is 5.97 Å². The molecule has 23 heavy (non-hydrogen) atoms. The first-order valence-corrected chi connectivity index (χ1v) is 7.98. The highest BCUT2D eigenvalue weighted by Gasteiger charge is 2.23. The molecule has 1 heterocycles. The number of oxazole rings is 1. The summed E-state index contributed by atoms with van der Waals surface area (Å²) in [5, 5.41) is 8.91. The lowest BCUT2D eigenvalue weighted by Crippen LogP contribution is -2.33. The molecule has 7 heteroatoms. The van der Waals surface area contributed by atoms with Crippen LogP contribution in [0, 0.1) is 0 Å². The second-order valence-electron chi connectivity index (χ2n) is 4.98. The number of amides is 1. The van der Waals surface area contributed by atoms with Crippen molar-refractivity contribution in [3.8, 4) is 0 Å². The fourth-order valence-corrected chi connectivity index (χ4v) is 2.63. The van der Waals surface area contributed by atoms with Gasteiger partial charge in [0, 0.05) is 24.0 Å². The standard InChI is InChI=1S/C16H17BrN2O4/c1-2-13-15(18-10-23-13)16(22)19(7-6-14(20)21)9-11-4-3-5-12(17)8-11/h3-5,8,10H,2,6-7,9H2,1H3,(H,20,21). The van der Waals surface area contributed by atoms with Crippen molar-refractivity contribution in [3.63, 3.8) is 0 Å². The fourth-order valence-electron chi connectivity index (χ4n) is 2.18. The van der Waals surface area contributed by atoms with Crippen molar-refractivity contribution in [3.05, 3.63) is 52.1 Å². The van der Waals surface area contributed by atoms with Crippen LogP contribution in [-0.2, 0) is 17.8 Å². The summed E-state index contributed by atoms with van der Waals surface area (Å²) in [5.41, 5.74) is 1.15. The lowest BCUT2D eigenvalue weighted by Gasteiger charge is -2.21. The molecule has 1 aromatic carbocycles. The van der Waals surface area contributed by atoms with E-state index in [0.29, 0.717) is 18.7 Å². The van der Waals surface area contributed by atoms with Crippen molar-refractivity contribution >= 4 is 27.8 Å². The predicted octanol–water partition coefficient (Wildman–Crippen LogP) is 3.12. The summed E-state index contributed by atoms with van der Waals surface area (Å²) in [4.78, 5) is 29.0. The number of nitrogens with zero attached hydrogens (tertiary/aromatic N) is 2. The van der Waals surface area contributed by atoms with E-state index in [4.69, 9.17) is 9.52 Å². The Balaban J connectivity index is 2.22. The first-order chi connectivity index (χ1) is 11.0. The predicted molar refractivity (Wildman–Crippen MR) is 87.0 cm³/mol. The minimum Gasteiger partial charge on any atom is -0.481 e. The van der Waals surface area contributed by atoms with Crippen LogP contribution >= 0.6 is 15.9 Å². The van der Waals surface area contributed by atoms with Crippen molar-refractivity contribution in [2.45, 2.75) is 26.3 Å². The van der Waals surface area contributed by atoms with Gasteiger partial charge in [0.2, 0.25) is 0 Å². The fraction of sp³-hybridized carbons (Fsp3) is 0.312. The molecule has 122 valence electrons. The minimum atomic E-state index is -0.951. The van der Waals surface area contributed by atoms with Crippen LogP contribution in [0.25, 0.3) is 0 Å². The van der Waals surface area contributed by atoms with E-state index in [1.807, 2.05) is 31.2 Å². The maximum absolute atomic E-state index is 12.7. The Labute approximate surface area is 142 Å². The number of carboxylic acid groups (broad SMARTS) is 1. The summed E-state index contributed by atoms with van der Waals surface area (Å²) in [6.45, 7) is 2.28. The van der Waals surface area contributed by atoms with Gasteiger partial charge in [-0.1, -0.05) is 35.0 Å². The molecule has 0 fully saturated rings. The molecule has 0 unspecified atom stereocenters. The molecule has 2 aromatic rings. The van der Waals surface area contributed by atoms with Crippen LogP contribution in [0.5, 0.6) is 0 Å². The van der Waals surface area contributed by atoms with Crippen LogP contribution in [0.3, 0.4) is 0 Å². The van der Waals surface area contributed by atoms with E-state index in [2.05, 4.69) is 20.9 Å². The van der Waals surface area contributed by atoms with Crippen LogP contribution in [0.15, 0.2) is 39.5 Å². The zero-order valence-corrected chi connectivity index (χ0v) is 14.2. The van der Waals surface area contributed by atoms with Crippen LogP contribution in [-0.4, -0.2) is 33.4 Å². The Morgan fingerprint density at radius 2 is 2.17 bits per heavy atom. The summed E-state index contributed by atoms with van der Waals surface area (Å²) < 4.78 is 6.10. The van der Waals surface area contributed by atoms with Crippen LogP contribution < -0.4 is 0 Å². The Hall–Kier alpha value is -2.15. The van der Waals surface area contributed by atoms with Gasteiger partial charge in [-0.05, 0) is 17.7 Å². The lowest BCUT2D eigenvalue weighted by molar-refractivity contribution is -0.137. The SMILES string of the molecule is CCc1ocnc1C(=O)N(CCC(=O)O)Cc1cccc(Br)c1. The number of carbonyl (C=O) groups excluding carboxylic acids is 1. The molecule has 1 aromatic heterocycles. The van der Waals surface area contributed by atoms with Gasteiger partial charge in [-0.15, -0.1) is 0 Å². The normalized spacial score (nSPS) is 10.5. The zero-order valence-electron chi connectivity index (χ0n) is 12.7. The maximum Gasteiger partial charge on any atom is 0.305 e. The van der Waals surface area contributed by atoms with E-state index >= 15 is 0 Å². The molecule has 0 saturated carbocycles. The number of aromatic nitrogens is 1. The number of carbonyl (C=O) groups is 2. The van der Waals surface area contributed by atoms with Gasteiger partial charge in [-0.2, -0.15) is 0 Å². The first-order valence-electron chi connectivity index (χ1n) is 7.19. The Kier molecular flexibility index (Phi) is 5.92. The zero-order chi connectivity index (χ0) is 16.8. The average molecular weight is 381 g/mol. The Bertz CT molecular complexity index is 699. The molecule has 2 rings (SSSR count). The smallest absolute Gasteiger partial charge is 0.305 e. The lowest BCUT2D eigenvalue weighted by atomic mass is 10.2. The monoisotopic (exact) mass is 380 g/mol. The molecule has 0 atom stereocenters. The molecule has 6 nitrogen and oxygen atoms in total. The van der Waals surface area contributed by atoms with Crippen LogP contribution in [0.1, 0.15) is 35.2 Å². The van der Waals surface area contributed by atoms with Crippen LogP contribution in [0.4, 0.5) is 0 Å². The minimum absolute atomic E-state index is 0.108. The Morgan fingerprint density at radius 1 is 1.39 bits per heavy atom. The van der Waals surface area contributed by atoms with E-state index in [0.717, 1.165) is 10.0 Å². The molecule has 0 spiro atoms. The van der Waals surface area contributed by atoms with Gasteiger partial charge in [-0.3, -0.25) is 9.59 Å². The number of hydrogen-bond donors (Lipinski definition) is 1. The summed E-state index contributed by atoms with van der Waals surface area (Å²) >= 11 is 3.39. The van der Waals surface area contributed by atoms with Gasteiger partial charge < -0.3 is 14.4 Å². The van der Waals surface area contributed by atoms with Crippen molar-refractivity contribution < 1.29 is 19.1 Å². The molecule has 1 N–H and O–H groups in total. The number of aliphatic carboxylic acids is 1. The third-order valence-electron chi connectivity index (χ3n) is 3.31. The average Bonchev–Trinajstić information content (AvgIpc) is 2.99. The first kappa shape index (κ1) is 17.2. The van der Waals surface area contributed by atoms with Crippen molar-refractivity contribution in [2.24, 2.45) is 0 Å². The van der Waals surface area contributed by atoms with Crippen molar-refractivity contribution in [1.82, 2.24) is 9.88 Å². The summed E-state index contributed by atoms with van der Waals surface area (Å²) in [5.74, 6) is -0.769. The molecule has 1 amide bonds. The van der Waals surface area contributed by atoms with E-state index in [9.17, 15) is 9.59 Å². The number of carboxylic acids is 1. The highest BCUT2D eigenvalue weighted by atomic mass is 79.9. The molecule has 0 aliphatic carbocycles. The molecular formula is C16H17BrN2O4. The number of aryl methyl sites for hydroxylation is 1. The van der Waals surface area contributed by atoms with Gasteiger partial charge in [0.25, 0.3) is 5.91 Å². The number of rotatable bonds is 7. The largest absolute Gasteiger partial charge is 0.481 e. The molecule has 0 bridgehead atoms. The molecular weight excluding hydrogens is 364 g/mol. The van der Waals surface area contributed by atoms with Gasteiger partial charge in [0.1, 0.15) is 5.76 Å². The number of hydrogen-bond acceptors (Lipinski definition) is 4. The maximum atomic E-state index is 12.7. The van der Waals surface area contributed by atoms with Gasteiger partial charge in [0.05, 0.1) is 6.42 Å². The Morgan fingerprint density at radius 3 is 2.83 bits per heavy atom. The molecule has 0 aliphatic heterocycles. The summed E-state index contributed by atoms with van der Waals surface area (Å²) in [6.07, 6.45) is 1.66. The van der Waals surface area contributed by atoms with Gasteiger partial charge in [0.15, 0.2) is 12.1 Å². The number of halogens is 1. The molecule has 0 saturated heterocycles. The highest BCUT2D eigenvalue weighted by Crippen LogP contribution is 2.17. The van der Waals surface area contributed by atoms with E-state index in [-0.39, 0.29) is 24.6 Å². The summed E-state index contributed by atoms with van der Waals surface area (Å²) in [7, 11) is 0. The summed E-state index contributed by atoms with van der Waals surface area (Å²) in [6, 6.07) is 7.53.